The van der Waals surface area contributed by atoms with Crippen LogP contribution in [0.4, 0.5) is 11.4 Å². The van der Waals surface area contributed by atoms with Crippen molar-refractivity contribution < 1.29 is 23.2 Å². The Morgan fingerprint density at radius 1 is 1.30 bits per heavy atom. The van der Waals surface area contributed by atoms with Gasteiger partial charge in [-0.15, -0.1) is 0 Å². The van der Waals surface area contributed by atoms with Gasteiger partial charge in [-0.2, -0.15) is 0 Å². The zero-order chi connectivity index (χ0) is 20.4. The molecule has 0 heterocycles. The van der Waals surface area contributed by atoms with Gasteiger partial charge in [-0.05, 0) is 24.3 Å². The first kappa shape index (κ1) is 20.6. The number of sulfonamides is 1. The molecule has 144 valence electrons. The summed E-state index contributed by atoms with van der Waals surface area (Å²) in [5, 5.41) is 21.0. The maximum Gasteiger partial charge on any atom is 0.312 e. The van der Waals surface area contributed by atoms with Crippen molar-refractivity contribution in [3.63, 3.8) is 0 Å². The second-order valence-corrected chi connectivity index (χ2v) is 8.06. The minimum Gasteiger partial charge on any atom is -0.502 e. The van der Waals surface area contributed by atoms with E-state index >= 15 is 0 Å². The number of nitrogens with zero attached hydrogens (tertiary/aromatic N) is 3. The van der Waals surface area contributed by atoms with Gasteiger partial charge in [-0.1, -0.05) is 11.6 Å². The Morgan fingerprint density at radius 2 is 1.96 bits per heavy atom. The zero-order valence-corrected chi connectivity index (χ0v) is 16.2. The van der Waals surface area contributed by atoms with Crippen LogP contribution < -0.4 is 4.74 Å². The number of hydrogen-bond donors (Lipinski definition) is 1. The molecule has 1 N–H and O–H groups in total. The Balaban J connectivity index is 2.52. The van der Waals surface area contributed by atoms with Crippen molar-refractivity contribution in [3.8, 4) is 11.5 Å². The highest BCUT2D eigenvalue weighted by Crippen LogP contribution is 2.33. The molecule has 0 aliphatic carbocycles. The Labute approximate surface area is 160 Å². The molecule has 2 aromatic rings. The third-order valence-electron chi connectivity index (χ3n) is 3.54. The summed E-state index contributed by atoms with van der Waals surface area (Å²) < 4.78 is 31.0. The van der Waals surface area contributed by atoms with Crippen LogP contribution in [0, 0.1) is 10.1 Å². The van der Waals surface area contributed by atoms with Gasteiger partial charge in [0.25, 0.3) is 0 Å². The number of ether oxygens (including phenoxy) is 1. The van der Waals surface area contributed by atoms with Crippen LogP contribution in [0.3, 0.4) is 0 Å². The van der Waals surface area contributed by atoms with Crippen LogP contribution in [0.15, 0.2) is 40.2 Å². The standard InChI is InChI=1S/C16H16ClN3O6S/c1-19(2)27(24,25)15-8-12(4-5-14(15)26-3)18-9-10-6-11(17)7-13(16(10)21)20(22)23/h4-9,21H,1-3H3. The molecule has 0 fully saturated rings. The summed E-state index contributed by atoms with van der Waals surface area (Å²) in [6, 6.07) is 6.54. The molecule has 0 radical (unpaired) electrons. The van der Waals surface area contributed by atoms with Crippen LogP contribution in [0.5, 0.6) is 11.5 Å². The van der Waals surface area contributed by atoms with Gasteiger partial charge in [-0.25, -0.2) is 12.7 Å². The van der Waals surface area contributed by atoms with E-state index in [1.807, 2.05) is 0 Å². The lowest BCUT2D eigenvalue weighted by Gasteiger charge is -2.14. The van der Waals surface area contributed by atoms with Gasteiger partial charge in [0.15, 0.2) is 0 Å². The van der Waals surface area contributed by atoms with Crippen LogP contribution in [-0.4, -0.2) is 50.2 Å². The van der Waals surface area contributed by atoms with E-state index in [-0.39, 0.29) is 26.9 Å². The summed E-state index contributed by atoms with van der Waals surface area (Å²) in [7, 11) is 0.326. The smallest absolute Gasteiger partial charge is 0.312 e. The van der Waals surface area contributed by atoms with Crippen molar-refractivity contribution in [2.45, 2.75) is 4.90 Å². The van der Waals surface area contributed by atoms with Crippen LogP contribution in [0.2, 0.25) is 5.02 Å². The number of aliphatic imine (C=N–C) groups is 1. The first-order valence-electron chi connectivity index (χ1n) is 7.39. The fraction of sp³-hybridized carbons (Fsp3) is 0.188. The van der Waals surface area contributed by atoms with Gasteiger partial charge in [0.1, 0.15) is 10.6 Å². The maximum absolute atomic E-state index is 12.4. The summed E-state index contributed by atoms with van der Waals surface area (Å²) in [5.41, 5.74) is -0.310. The molecule has 0 aliphatic rings. The van der Waals surface area contributed by atoms with Crippen LogP contribution in [0.1, 0.15) is 5.56 Å². The molecule has 2 rings (SSSR count). The molecule has 0 atom stereocenters. The average molecular weight is 414 g/mol. The van der Waals surface area contributed by atoms with E-state index in [0.717, 1.165) is 16.6 Å². The SMILES string of the molecule is COc1ccc(N=Cc2cc(Cl)cc([N+](=O)[O-])c2O)cc1S(=O)(=O)N(C)C. The van der Waals surface area contributed by atoms with Crippen LogP contribution in [0.25, 0.3) is 0 Å². The van der Waals surface area contributed by atoms with Crippen molar-refractivity contribution >= 4 is 39.2 Å². The Bertz CT molecular complexity index is 1020. The van der Waals surface area contributed by atoms with Crippen molar-refractivity contribution in [3.05, 3.63) is 51.0 Å². The van der Waals surface area contributed by atoms with Crippen molar-refractivity contribution in [1.29, 1.82) is 0 Å². The summed E-state index contributed by atoms with van der Waals surface area (Å²) in [6.07, 6.45) is 1.15. The lowest BCUT2D eigenvalue weighted by atomic mass is 10.2. The molecule has 27 heavy (non-hydrogen) atoms. The number of rotatable bonds is 6. The average Bonchev–Trinajstić information content (AvgIpc) is 2.61. The molecule has 2 aromatic carbocycles. The molecular weight excluding hydrogens is 398 g/mol. The molecule has 0 aliphatic heterocycles. The van der Waals surface area contributed by atoms with E-state index in [0.29, 0.717) is 0 Å². The highest BCUT2D eigenvalue weighted by Gasteiger charge is 2.23. The highest BCUT2D eigenvalue weighted by molar-refractivity contribution is 7.89. The zero-order valence-electron chi connectivity index (χ0n) is 14.6. The molecule has 11 heteroatoms. The number of hydrogen-bond acceptors (Lipinski definition) is 7. The van der Waals surface area contributed by atoms with E-state index in [1.165, 1.54) is 45.5 Å². The van der Waals surface area contributed by atoms with E-state index in [1.54, 1.807) is 0 Å². The number of methoxy groups -OCH3 is 1. The van der Waals surface area contributed by atoms with E-state index in [4.69, 9.17) is 16.3 Å². The quantitative estimate of drug-likeness (QED) is 0.441. The summed E-state index contributed by atoms with van der Waals surface area (Å²) in [5.74, 6) is -0.452. The van der Waals surface area contributed by atoms with Gasteiger partial charge >= 0.3 is 5.69 Å². The molecular formula is C16H16ClN3O6S. The molecule has 0 bridgehead atoms. The molecule has 0 amide bonds. The Hall–Kier alpha value is -2.69. The third kappa shape index (κ3) is 4.35. The lowest BCUT2D eigenvalue weighted by molar-refractivity contribution is -0.385. The van der Waals surface area contributed by atoms with Gasteiger partial charge in [0.05, 0.1) is 17.7 Å². The predicted molar refractivity (Wildman–Crippen MR) is 101 cm³/mol. The Kier molecular flexibility index (Phi) is 6.04. The number of halogens is 1. The van der Waals surface area contributed by atoms with Gasteiger partial charge < -0.3 is 9.84 Å². The first-order valence-corrected chi connectivity index (χ1v) is 9.21. The molecule has 0 saturated carbocycles. The number of nitro benzene ring substituents is 1. The number of phenolic OH excluding ortho intramolecular Hbond substituents is 1. The predicted octanol–water partition coefficient (Wildman–Crippen LogP) is 2.96. The van der Waals surface area contributed by atoms with E-state index in [9.17, 15) is 23.6 Å². The van der Waals surface area contributed by atoms with E-state index < -0.39 is 26.4 Å². The fourth-order valence-corrected chi connectivity index (χ4v) is 3.42. The topological polar surface area (TPSA) is 122 Å². The summed E-state index contributed by atoms with van der Waals surface area (Å²) in [6.45, 7) is 0. The highest BCUT2D eigenvalue weighted by atomic mass is 35.5. The summed E-state index contributed by atoms with van der Waals surface area (Å²) >= 11 is 5.83. The van der Waals surface area contributed by atoms with Crippen LogP contribution in [-0.2, 0) is 10.0 Å². The molecule has 0 unspecified atom stereocenters. The lowest BCUT2D eigenvalue weighted by Crippen LogP contribution is -2.22. The first-order chi connectivity index (χ1) is 12.6. The van der Waals surface area contributed by atoms with E-state index in [2.05, 4.69) is 4.99 Å². The molecule has 9 nitrogen and oxygen atoms in total. The van der Waals surface area contributed by atoms with Gasteiger partial charge in [0.2, 0.25) is 15.8 Å². The second-order valence-electron chi connectivity index (χ2n) is 5.50. The maximum atomic E-state index is 12.4. The van der Waals surface area contributed by atoms with Crippen LogP contribution >= 0.6 is 11.6 Å². The molecule has 0 spiro atoms. The Morgan fingerprint density at radius 3 is 2.52 bits per heavy atom. The van der Waals surface area contributed by atoms with Crippen molar-refractivity contribution in [2.24, 2.45) is 4.99 Å². The number of phenols is 1. The molecule has 0 aromatic heterocycles. The number of aromatic hydroxyl groups is 1. The van der Waals surface area contributed by atoms with Gasteiger partial charge in [0, 0.05) is 37.0 Å². The van der Waals surface area contributed by atoms with Crippen molar-refractivity contribution in [1.82, 2.24) is 4.31 Å². The normalized spacial score (nSPS) is 11.9. The minimum absolute atomic E-state index is 0.0158. The van der Waals surface area contributed by atoms with Crippen molar-refractivity contribution in [2.75, 3.05) is 21.2 Å². The molecule has 0 saturated heterocycles. The second kappa shape index (κ2) is 7.91. The largest absolute Gasteiger partial charge is 0.502 e. The number of nitro groups is 1. The summed E-state index contributed by atoms with van der Waals surface area (Å²) in [4.78, 5) is 14.2. The van der Waals surface area contributed by atoms with Gasteiger partial charge in [-0.3, -0.25) is 15.1 Å². The fourth-order valence-electron chi connectivity index (χ4n) is 2.13. The number of benzene rings is 2. The monoisotopic (exact) mass is 413 g/mol. The third-order valence-corrected chi connectivity index (χ3v) is 5.59. The minimum atomic E-state index is -3.78.